The summed E-state index contributed by atoms with van der Waals surface area (Å²) in [5.74, 6) is 3.48. The number of carbonyl (C=O) groups excluding carboxylic acids is 1. The van der Waals surface area contributed by atoms with Crippen LogP contribution < -0.4 is 9.80 Å². The van der Waals surface area contributed by atoms with E-state index in [0.717, 1.165) is 62.2 Å². The van der Waals surface area contributed by atoms with E-state index in [4.69, 9.17) is 0 Å². The molecule has 0 radical (unpaired) electrons. The molecule has 0 bridgehead atoms. The van der Waals surface area contributed by atoms with Gasteiger partial charge in [-0.1, -0.05) is 30.3 Å². The molecular weight excluding hydrogens is 382 g/mol. The summed E-state index contributed by atoms with van der Waals surface area (Å²) in [6, 6.07) is 10.2. The minimum atomic E-state index is 0.103. The Hall–Kier alpha value is -2.28. The van der Waals surface area contributed by atoms with E-state index in [1.807, 2.05) is 54.3 Å². The minimum absolute atomic E-state index is 0.103. The normalized spacial score (nSPS) is 18.0. The lowest BCUT2D eigenvalue weighted by Crippen LogP contribution is -2.41. The number of thioether (sulfide) groups is 1. The molecule has 0 saturated carbocycles. The second-order valence-corrected chi connectivity index (χ2v) is 9.01. The van der Waals surface area contributed by atoms with E-state index in [-0.39, 0.29) is 11.8 Å². The number of hydrogen-bond acceptors (Lipinski definition) is 6. The lowest BCUT2D eigenvalue weighted by molar-refractivity contribution is -0.135. The van der Waals surface area contributed by atoms with Crippen molar-refractivity contribution in [3.05, 3.63) is 48.3 Å². The Labute approximate surface area is 177 Å². The molecule has 1 aromatic carbocycles. The molecule has 2 saturated heterocycles. The largest absolute Gasteiger partial charge is 0.369 e. The van der Waals surface area contributed by atoms with Gasteiger partial charge in [0.15, 0.2) is 0 Å². The summed E-state index contributed by atoms with van der Waals surface area (Å²) in [6.45, 7) is 4.46. The maximum atomic E-state index is 12.8. The molecule has 2 aliphatic heterocycles. The third kappa shape index (κ3) is 5.01. The Bertz CT molecular complexity index is 787. The predicted octanol–water partition coefficient (Wildman–Crippen LogP) is 2.90. The fourth-order valence-corrected chi connectivity index (χ4v) is 4.94. The van der Waals surface area contributed by atoms with Gasteiger partial charge in [-0.3, -0.25) is 4.79 Å². The van der Waals surface area contributed by atoms with Gasteiger partial charge in [-0.15, -0.1) is 0 Å². The highest BCUT2D eigenvalue weighted by Gasteiger charge is 2.27. The van der Waals surface area contributed by atoms with Crippen LogP contribution in [0.25, 0.3) is 0 Å². The van der Waals surface area contributed by atoms with Crippen LogP contribution in [0.15, 0.2) is 42.7 Å². The fraction of sp³-hybridized carbons (Fsp3) is 0.500. The molecule has 1 aromatic heterocycles. The fourth-order valence-electron chi connectivity index (χ4n) is 4.04. The van der Waals surface area contributed by atoms with Crippen LogP contribution >= 0.6 is 11.8 Å². The molecule has 7 heteroatoms. The number of rotatable bonds is 5. The topological polar surface area (TPSA) is 52.6 Å². The van der Waals surface area contributed by atoms with E-state index < -0.39 is 0 Å². The Kier molecular flexibility index (Phi) is 6.54. The molecule has 4 rings (SSSR count). The van der Waals surface area contributed by atoms with Gasteiger partial charge in [0.1, 0.15) is 0 Å². The molecule has 29 heavy (non-hydrogen) atoms. The smallest absolute Gasteiger partial charge is 0.225 e. The summed E-state index contributed by atoms with van der Waals surface area (Å²) < 4.78 is 0. The molecule has 0 N–H and O–H groups in total. The number of benzene rings is 1. The first-order valence-electron chi connectivity index (χ1n) is 10.4. The second kappa shape index (κ2) is 9.48. The van der Waals surface area contributed by atoms with Crippen LogP contribution in [0.4, 0.5) is 11.6 Å². The Balaban J connectivity index is 1.29. The maximum Gasteiger partial charge on any atom is 0.225 e. The molecule has 0 unspecified atom stereocenters. The van der Waals surface area contributed by atoms with Crippen LogP contribution in [0.1, 0.15) is 18.4 Å². The van der Waals surface area contributed by atoms with Crippen LogP contribution in [0, 0.1) is 5.92 Å². The molecule has 1 amide bonds. The van der Waals surface area contributed by atoms with Crippen molar-refractivity contribution in [3.63, 3.8) is 0 Å². The third-order valence-electron chi connectivity index (χ3n) is 5.77. The lowest BCUT2D eigenvalue weighted by atomic mass is 9.95. The highest BCUT2D eigenvalue weighted by atomic mass is 32.2. The standard InChI is InChI=1S/C22H29N5OS/c1-25(17-18-5-3-2-4-6-18)21(28)19-7-9-26(10-8-19)20-15-23-22(24-16-20)27-11-13-29-14-12-27/h2-6,15-16,19H,7-14,17H2,1H3. The zero-order valence-corrected chi connectivity index (χ0v) is 17.9. The average molecular weight is 412 g/mol. The van der Waals surface area contributed by atoms with Gasteiger partial charge < -0.3 is 14.7 Å². The van der Waals surface area contributed by atoms with Crippen LogP contribution in [0.5, 0.6) is 0 Å². The van der Waals surface area contributed by atoms with Crippen molar-refractivity contribution in [1.82, 2.24) is 14.9 Å². The Morgan fingerprint density at radius 1 is 1.03 bits per heavy atom. The number of anilines is 2. The first-order valence-corrected chi connectivity index (χ1v) is 11.5. The van der Waals surface area contributed by atoms with E-state index >= 15 is 0 Å². The highest BCUT2D eigenvalue weighted by Crippen LogP contribution is 2.25. The summed E-state index contributed by atoms with van der Waals surface area (Å²) in [5.41, 5.74) is 2.23. The molecule has 3 heterocycles. The molecule has 0 aliphatic carbocycles. The summed E-state index contributed by atoms with van der Waals surface area (Å²) in [5, 5.41) is 0. The molecular formula is C22H29N5OS. The third-order valence-corrected chi connectivity index (χ3v) is 6.71. The summed E-state index contributed by atoms with van der Waals surface area (Å²) in [7, 11) is 1.91. The zero-order chi connectivity index (χ0) is 20.1. The number of carbonyl (C=O) groups is 1. The molecule has 0 atom stereocenters. The Morgan fingerprint density at radius 3 is 2.34 bits per heavy atom. The molecule has 2 fully saturated rings. The van der Waals surface area contributed by atoms with Gasteiger partial charge in [0, 0.05) is 57.2 Å². The van der Waals surface area contributed by atoms with Crippen LogP contribution in [-0.2, 0) is 11.3 Å². The number of aromatic nitrogens is 2. The first kappa shape index (κ1) is 20.0. The van der Waals surface area contributed by atoms with Gasteiger partial charge in [-0.2, -0.15) is 11.8 Å². The van der Waals surface area contributed by atoms with Crippen molar-refractivity contribution in [3.8, 4) is 0 Å². The number of piperidine rings is 1. The quantitative estimate of drug-likeness (QED) is 0.754. The van der Waals surface area contributed by atoms with Crippen molar-refractivity contribution in [2.45, 2.75) is 19.4 Å². The monoisotopic (exact) mass is 411 g/mol. The summed E-state index contributed by atoms with van der Waals surface area (Å²) in [6.07, 6.45) is 5.63. The SMILES string of the molecule is CN(Cc1ccccc1)C(=O)C1CCN(c2cnc(N3CCSCC3)nc2)CC1. The maximum absolute atomic E-state index is 12.8. The molecule has 2 aromatic rings. The average Bonchev–Trinajstić information content (AvgIpc) is 2.80. The Morgan fingerprint density at radius 2 is 1.69 bits per heavy atom. The van der Waals surface area contributed by atoms with Crippen molar-refractivity contribution in [2.75, 3.05) is 54.5 Å². The van der Waals surface area contributed by atoms with E-state index in [2.05, 4.69) is 31.9 Å². The van der Waals surface area contributed by atoms with E-state index in [1.165, 1.54) is 5.56 Å². The second-order valence-electron chi connectivity index (χ2n) is 7.78. The van der Waals surface area contributed by atoms with Gasteiger partial charge in [0.2, 0.25) is 11.9 Å². The number of nitrogens with zero attached hydrogens (tertiary/aromatic N) is 5. The number of amides is 1. The van der Waals surface area contributed by atoms with Gasteiger partial charge in [0.05, 0.1) is 18.1 Å². The van der Waals surface area contributed by atoms with Crippen molar-refractivity contribution >= 4 is 29.3 Å². The van der Waals surface area contributed by atoms with E-state index in [1.54, 1.807) is 0 Å². The van der Waals surface area contributed by atoms with Gasteiger partial charge in [0.25, 0.3) is 0 Å². The van der Waals surface area contributed by atoms with Crippen LogP contribution in [-0.4, -0.2) is 65.5 Å². The van der Waals surface area contributed by atoms with Crippen LogP contribution in [0.3, 0.4) is 0 Å². The van der Waals surface area contributed by atoms with Crippen molar-refractivity contribution in [1.29, 1.82) is 0 Å². The molecule has 6 nitrogen and oxygen atoms in total. The highest BCUT2D eigenvalue weighted by molar-refractivity contribution is 7.99. The van der Waals surface area contributed by atoms with Crippen molar-refractivity contribution in [2.24, 2.45) is 5.92 Å². The molecule has 2 aliphatic rings. The lowest BCUT2D eigenvalue weighted by Gasteiger charge is -2.34. The first-order chi connectivity index (χ1) is 14.2. The van der Waals surface area contributed by atoms with Gasteiger partial charge in [-0.25, -0.2) is 9.97 Å². The zero-order valence-electron chi connectivity index (χ0n) is 17.0. The van der Waals surface area contributed by atoms with E-state index in [9.17, 15) is 4.79 Å². The predicted molar refractivity (Wildman–Crippen MR) is 119 cm³/mol. The molecule has 0 spiro atoms. The summed E-state index contributed by atoms with van der Waals surface area (Å²) >= 11 is 1.99. The summed E-state index contributed by atoms with van der Waals surface area (Å²) in [4.78, 5) is 28.5. The number of hydrogen-bond donors (Lipinski definition) is 0. The van der Waals surface area contributed by atoms with Gasteiger partial charge >= 0.3 is 0 Å². The van der Waals surface area contributed by atoms with Crippen molar-refractivity contribution < 1.29 is 4.79 Å². The minimum Gasteiger partial charge on any atom is -0.369 e. The molecule has 154 valence electrons. The van der Waals surface area contributed by atoms with Gasteiger partial charge in [-0.05, 0) is 18.4 Å². The van der Waals surface area contributed by atoms with E-state index in [0.29, 0.717) is 6.54 Å². The van der Waals surface area contributed by atoms with Crippen LogP contribution in [0.2, 0.25) is 0 Å².